The number of rotatable bonds is 0. The van der Waals surface area contributed by atoms with Crippen molar-refractivity contribution < 1.29 is 5.11 Å². The van der Waals surface area contributed by atoms with Crippen LogP contribution < -0.4 is 0 Å². The number of aryl methyl sites for hydroxylation is 1. The number of aromatic nitrogens is 1. The van der Waals surface area contributed by atoms with Crippen LogP contribution in [0.5, 0.6) is 0 Å². The maximum absolute atomic E-state index is 9.68. The maximum Gasteiger partial charge on any atom is 0.0603 e. The van der Waals surface area contributed by atoms with Gasteiger partial charge in [-0.1, -0.05) is 12.1 Å². The van der Waals surface area contributed by atoms with Crippen molar-refractivity contribution in [2.45, 2.75) is 25.4 Å². The smallest absolute Gasteiger partial charge is 0.0603 e. The van der Waals surface area contributed by atoms with E-state index < -0.39 is 0 Å². The predicted molar refractivity (Wildman–Crippen MR) is 64.0 cm³/mol. The van der Waals surface area contributed by atoms with Gasteiger partial charge in [-0.15, -0.1) is 0 Å². The molecule has 2 aromatic rings. The molecule has 0 spiro atoms. The summed E-state index contributed by atoms with van der Waals surface area (Å²) in [5.41, 5.74) is 3.75. The van der Waals surface area contributed by atoms with E-state index in [4.69, 9.17) is 0 Å². The van der Waals surface area contributed by atoms with E-state index in [9.17, 15) is 5.11 Å². The highest BCUT2D eigenvalue weighted by Gasteiger charge is 2.21. The Morgan fingerprint density at radius 1 is 1.40 bits per heavy atom. The molecule has 0 saturated heterocycles. The summed E-state index contributed by atoms with van der Waals surface area (Å²) in [4.78, 5) is 3.45. The maximum atomic E-state index is 9.68. The van der Waals surface area contributed by atoms with Gasteiger partial charge < -0.3 is 10.1 Å². The number of fused-ring (bicyclic) bond motifs is 3. The van der Waals surface area contributed by atoms with Crippen molar-refractivity contribution in [1.29, 1.82) is 0 Å². The monoisotopic (exact) mass is 265 g/mol. The molecule has 2 N–H and O–H groups in total. The number of aliphatic hydroxyl groups is 1. The lowest BCUT2D eigenvalue weighted by atomic mass is 9.93. The van der Waals surface area contributed by atoms with Crippen LogP contribution in [0.2, 0.25) is 0 Å². The lowest BCUT2D eigenvalue weighted by Gasteiger charge is -2.16. The second-order valence-corrected chi connectivity index (χ2v) is 5.00. The number of hydrogen-bond acceptors (Lipinski definition) is 1. The quantitative estimate of drug-likeness (QED) is 0.755. The van der Waals surface area contributed by atoms with Crippen LogP contribution >= 0.6 is 15.9 Å². The van der Waals surface area contributed by atoms with E-state index in [1.807, 2.05) is 12.1 Å². The van der Waals surface area contributed by atoms with Gasteiger partial charge in [0.25, 0.3) is 0 Å². The second-order valence-electron chi connectivity index (χ2n) is 4.14. The molecular weight excluding hydrogens is 254 g/mol. The van der Waals surface area contributed by atoms with Gasteiger partial charge in [0.2, 0.25) is 0 Å². The van der Waals surface area contributed by atoms with Crippen molar-refractivity contribution in [2.75, 3.05) is 0 Å². The molecule has 0 bridgehead atoms. The van der Waals surface area contributed by atoms with E-state index in [-0.39, 0.29) is 6.10 Å². The Bertz CT molecular complexity index is 518. The van der Waals surface area contributed by atoms with Gasteiger partial charge in [0, 0.05) is 22.0 Å². The SMILES string of the molecule is OC1CCc2[nH]c3c(Br)cccc3c2C1. The molecule has 2 nitrogen and oxygen atoms in total. The largest absolute Gasteiger partial charge is 0.393 e. The van der Waals surface area contributed by atoms with Crippen LogP contribution in [0, 0.1) is 0 Å². The first-order valence-electron chi connectivity index (χ1n) is 5.21. The van der Waals surface area contributed by atoms with Crippen LogP contribution in [0.4, 0.5) is 0 Å². The van der Waals surface area contributed by atoms with E-state index >= 15 is 0 Å². The highest BCUT2D eigenvalue weighted by molar-refractivity contribution is 9.10. The van der Waals surface area contributed by atoms with E-state index in [1.54, 1.807) is 0 Å². The second kappa shape index (κ2) is 3.35. The summed E-state index contributed by atoms with van der Waals surface area (Å²) in [6, 6.07) is 6.20. The molecular formula is C12H12BrNO. The van der Waals surface area contributed by atoms with Gasteiger partial charge in [0.15, 0.2) is 0 Å². The topological polar surface area (TPSA) is 36.0 Å². The van der Waals surface area contributed by atoms with Crippen LogP contribution in [0.1, 0.15) is 17.7 Å². The van der Waals surface area contributed by atoms with E-state index in [0.717, 1.165) is 29.3 Å². The van der Waals surface area contributed by atoms with Gasteiger partial charge in [-0.25, -0.2) is 0 Å². The fourth-order valence-electron chi connectivity index (χ4n) is 2.39. The molecule has 1 aliphatic carbocycles. The first-order chi connectivity index (χ1) is 7.25. The predicted octanol–water partition coefficient (Wildman–Crippen LogP) is 2.78. The number of para-hydroxylation sites is 1. The average Bonchev–Trinajstić information content (AvgIpc) is 2.58. The number of H-pyrrole nitrogens is 1. The Morgan fingerprint density at radius 3 is 3.13 bits per heavy atom. The molecule has 1 aromatic carbocycles. The first-order valence-corrected chi connectivity index (χ1v) is 6.01. The third-order valence-corrected chi connectivity index (χ3v) is 3.81. The molecule has 3 rings (SSSR count). The number of aliphatic hydroxyl groups excluding tert-OH is 1. The lowest BCUT2D eigenvalue weighted by molar-refractivity contribution is 0.158. The minimum atomic E-state index is -0.171. The van der Waals surface area contributed by atoms with Crippen LogP contribution in [0.15, 0.2) is 22.7 Å². The van der Waals surface area contributed by atoms with Gasteiger partial charge in [0.05, 0.1) is 11.6 Å². The standard InChI is InChI=1S/C12H12BrNO/c13-10-3-1-2-8-9-6-7(15)4-5-11(9)14-12(8)10/h1-3,7,14-15H,4-6H2. The molecule has 1 heterocycles. The number of aromatic amines is 1. The Labute approximate surface area is 96.4 Å². The van der Waals surface area contributed by atoms with E-state index in [2.05, 4.69) is 27.0 Å². The van der Waals surface area contributed by atoms with Crippen molar-refractivity contribution in [3.05, 3.63) is 33.9 Å². The number of hydrogen-bond donors (Lipinski definition) is 2. The zero-order chi connectivity index (χ0) is 10.4. The van der Waals surface area contributed by atoms with E-state index in [1.165, 1.54) is 16.6 Å². The van der Waals surface area contributed by atoms with Gasteiger partial charge in [-0.3, -0.25) is 0 Å². The fraction of sp³-hybridized carbons (Fsp3) is 0.333. The molecule has 1 aromatic heterocycles. The molecule has 1 unspecified atom stereocenters. The lowest BCUT2D eigenvalue weighted by Crippen LogP contribution is -2.17. The summed E-state index contributed by atoms with van der Waals surface area (Å²) >= 11 is 3.54. The highest BCUT2D eigenvalue weighted by Crippen LogP contribution is 2.32. The minimum Gasteiger partial charge on any atom is -0.393 e. The molecule has 15 heavy (non-hydrogen) atoms. The summed E-state index contributed by atoms with van der Waals surface area (Å²) in [5.74, 6) is 0. The molecule has 0 radical (unpaired) electrons. The van der Waals surface area contributed by atoms with Gasteiger partial charge in [-0.2, -0.15) is 0 Å². The molecule has 78 valence electrons. The molecule has 3 heteroatoms. The Balaban J connectivity index is 2.29. The summed E-state index contributed by atoms with van der Waals surface area (Å²) in [6.07, 6.45) is 2.44. The van der Waals surface area contributed by atoms with Crippen LogP contribution in [-0.4, -0.2) is 16.2 Å². The zero-order valence-corrected chi connectivity index (χ0v) is 9.84. The van der Waals surface area contributed by atoms with Crippen molar-refractivity contribution >= 4 is 26.8 Å². The third kappa shape index (κ3) is 1.42. The summed E-state index contributed by atoms with van der Waals surface area (Å²) in [5, 5.41) is 10.9. The van der Waals surface area contributed by atoms with Gasteiger partial charge >= 0.3 is 0 Å². The van der Waals surface area contributed by atoms with Crippen LogP contribution in [0.3, 0.4) is 0 Å². The molecule has 1 atom stereocenters. The summed E-state index contributed by atoms with van der Waals surface area (Å²) in [6.45, 7) is 0. The minimum absolute atomic E-state index is 0.171. The Kier molecular flexibility index (Phi) is 2.11. The van der Waals surface area contributed by atoms with Gasteiger partial charge in [0.1, 0.15) is 0 Å². The summed E-state index contributed by atoms with van der Waals surface area (Å²) in [7, 11) is 0. The zero-order valence-electron chi connectivity index (χ0n) is 8.26. The van der Waals surface area contributed by atoms with Crippen molar-refractivity contribution in [1.82, 2.24) is 4.98 Å². The fourth-order valence-corrected chi connectivity index (χ4v) is 2.85. The molecule has 0 amide bonds. The summed E-state index contributed by atoms with van der Waals surface area (Å²) < 4.78 is 1.10. The normalized spacial score (nSPS) is 20.5. The van der Waals surface area contributed by atoms with Crippen LogP contribution in [-0.2, 0) is 12.8 Å². The van der Waals surface area contributed by atoms with Crippen molar-refractivity contribution in [2.24, 2.45) is 0 Å². The van der Waals surface area contributed by atoms with Crippen LogP contribution in [0.25, 0.3) is 10.9 Å². The average molecular weight is 266 g/mol. The van der Waals surface area contributed by atoms with E-state index in [0.29, 0.717) is 0 Å². The number of halogens is 1. The number of benzene rings is 1. The van der Waals surface area contributed by atoms with Crippen molar-refractivity contribution in [3.63, 3.8) is 0 Å². The molecule has 0 fully saturated rings. The Hall–Kier alpha value is -0.800. The molecule has 0 aliphatic heterocycles. The number of nitrogens with one attached hydrogen (secondary N) is 1. The van der Waals surface area contributed by atoms with Gasteiger partial charge in [-0.05, 0) is 40.4 Å². The highest BCUT2D eigenvalue weighted by atomic mass is 79.9. The first kappa shape index (κ1) is 9.43. The van der Waals surface area contributed by atoms with Crippen molar-refractivity contribution in [3.8, 4) is 0 Å². The third-order valence-electron chi connectivity index (χ3n) is 3.15. The Morgan fingerprint density at radius 2 is 2.27 bits per heavy atom. The molecule has 0 saturated carbocycles. The molecule has 1 aliphatic rings.